The molecule has 1 aromatic carbocycles. The Morgan fingerprint density at radius 2 is 2.04 bits per heavy atom. The molecule has 1 atom stereocenters. The van der Waals surface area contributed by atoms with E-state index in [1.54, 1.807) is 6.07 Å². The van der Waals surface area contributed by atoms with Gasteiger partial charge in [0, 0.05) is 17.4 Å². The minimum absolute atomic E-state index is 0.0254. The SMILES string of the molecule is C[C@@H]1CCc2[nH]c(=O)c(C(=O)Nc3ccc(F)c(F)c3)cc2C1. The number of anilines is 1. The highest BCUT2D eigenvalue weighted by Gasteiger charge is 2.20. The number of hydrogen-bond acceptors (Lipinski definition) is 2. The number of carbonyl (C=O) groups is 1. The summed E-state index contributed by atoms with van der Waals surface area (Å²) in [7, 11) is 0. The van der Waals surface area contributed by atoms with Crippen molar-refractivity contribution in [2.45, 2.75) is 26.2 Å². The monoisotopic (exact) mass is 318 g/mol. The predicted octanol–water partition coefficient (Wildman–Crippen LogP) is 3.03. The molecule has 1 amide bonds. The average molecular weight is 318 g/mol. The van der Waals surface area contributed by atoms with E-state index in [0.717, 1.165) is 42.7 Å². The van der Waals surface area contributed by atoms with Crippen LogP contribution in [0.2, 0.25) is 0 Å². The Bertz CT molecular complexity index is 830. The zero-order chi connectivity index (χ0) is 16.6. The lowest BCUT2D eigenvalue weighted by Crippen LogP contribution is -2.27. The van der Waals surface area contributed by atoms with Crippen LogP contribution in [0.25, 0.3) is 0 Å². The van der Waals surface area contributed by atoms with Crippen LogP contribution < -0.4 is 10.9 Å². The Hall–Kier alpha value is -2.50. The van der Waals surface area contributed by atoms with Crippen molar-refractivity contribution in [3.05, 3.63) is 63.1 Å². The van der Waals surface area contributed by atoms with E-state index in [0.29, 0.717) is 5.92 Å². The summed E-state index contributed by atoms with van der Waals surface area (Å²) in [5, 5.41) is 2.42. The Morgan fingerprint density at radius 3 is 2.78 bits per heavy atom. The van der Waals surface area contributed by atoms with Gasteiger partial charge in [0.2, 0.25) is 0 Å². The third kappa shape index (κ3) is 3.16. The van der Waals surface area contributed by atoms with Gasteiger partial charge in [-0.3, -0.25) is 9.59 Å². The van der Waals surface area contributed by atoms with Gasteiger partial charge in [0.05, 0.1) is 0 Å². The first-order valence-corrected chi connectivity index (χ1v) is 7.45. The highest BCUT2D eigenvalue weighted by atomic mass is 19.2. The van der Waals surface area contributed by atoms with Crippen LogP contribution in [0.1, 0.15) is 35.0 Å². The van der Waals surface area contributed by atoms with Gasteiger partial charge in [-0.1, -0.05) is 6.92 Å². The second kappa shape index (κ2) is 5.95. The number of aromatic nitrogens is 1. The number of aromatic amines is 1. The molecule has 1 aliphatic carbocycles. The van der Waals surface area contributed by atoms with Gasteiger partial charge in [0.25, 0.3) is 11.5 Å². The Morgan fingerprint density at radius 1 is 1.26 bits per heavy atom. The van der Waals surface area contributed by atoms with Crippen molar-refractivity contribution < 1.29 is 13.6 Å². The number of carbonyl (C=O) groups excluding carboxylic acids is 1. The van der Waals surface area contributed by atoms with E-state index in [1.165, 1.54) is 6.07 Å². The molecule has 2 N–H and O–H groups in total. The number of aryl methyl sites for hydroxylation is 1. The first-order valence-electron chi connectivity index (χ1n) is 7.45. The molecule has 0 radical (unpaired) electrons. The summed E-state index contributed by atoms with van der Waals surface area (Å²) in [6.45, 7) is 2.12. The quantitative estimate of drug-likeness (QED) is 0.894. The lowest BCUT2D eigenvalue weighted by molar-refractivity contribution is 0.102. The maximum absolute atomic E-state index is 13.2. The van der Waals surface area contributed by atoms with Crippen LogP contribution in [-0.2, 0) is 12.8 Å². The predicted molar refractivity (Wildman–Crippen MR) is 82.6 cm³/mol. The van der Waals surface area contributed by atoms with Gasteiger partial charge in [-0.15, -0.1) is 0 Å². The number of nitrogens with one attached hydrogen (secondary N) is 2. The van der Waals surface area contributed by atoms with E-state index in [1.807, 2.05) is 0 Å². The van der Waals surface area contributed by atoms with Crippen LogP contribution in [0.15, 0.2) is 29.1 Å². The van der Waals surface area contributed by atoms with Crippen LogP contribution in [-0.4, -0.2) is 10.9 Å². The summed E-state index contributed by atoms with van der Waals surface area (Å²) in [4.78, 5) is 27.1. The molecule has 0 fully saturated rings. The number of amides is 1. The van der Waals surface area contributed by atoms with Crippen molar-refractivity contribution in [3.8, 4) is 0 Å². The molecule has 0 bridgehead atoms. The summed E-state index contributed by atoms with van der Waals surface area (Å²) in [6.07, 6.45) is 2.59. The van der Waals surface area contributed by atoms with Crippen LogP contribution in [0.4, 0.5) is 14.5 Å². The molecule has 0 saturated heterocycles. The van der Waals surface area contributed by atoms with Crippen molar-refractivity contribution in [2.24, 2.45) is 5.92 Å². The maximum Gasteiger partial charge on any atom is 0.261 e. The molecule has 120 valence electrons. The summed E-state index contributed by atoms with van der Waals surface area (Å²) in [5.74, 6) is -2.20. The largest absolute Gasteiger partial charge is 0.325 e. The van der Waals surface area contributed by atoms with Gasteiger partial charge in [-0.25, -0.2) is 8.78 Å². The van der Waals surface area contributed by atoms with Gasteiger partial charge in [-0.2, -0.15) is 0 Å². The Balaban J connectivity index is 1.88. The van der Waals surface area contributed by atoms with E-state index in [2.05, 4.69) is 17.2 Å². The highest BCUT2D eigenvalue weighted by Crippen LogP contribution is 2.23. The zero-order valence-electron chi connectivity index (χ0n) is 12.6. The van der Waals surface area contributed by atoms with Crippen molar-refractivity contribution in [1.29, 1.82) is 0 Å². The molecule has 23 heavy (non-hydrogen) atoms. The molecule has 4 nitrogen and oxygen atoms in total. The van der Waals surface area contributed by atoms with Gasteiger partial charge in [-0.05, 0) is 48.9 Å². The standard InChI is InChI=1S/C17H16F2N2O2/c1-9-2-5-15-10(6-9)7-12(17(23)21-15)16(22)20-11-3-4-13(18)14(19)8-11/h3-4,7-9H,2,5-6H2,1H3,(H,20,22)(H,21,23)/t9-/m1/s1. The van der Waals surface area contributed by atoms with E-state index >= 15 is 0 Å². The van der Waals surface area contributed by atoms with E-state index in [4.69, 9.17) is 0 Å². The molecule has 0 aliphatic heterocycles. The second-order valence-corrected chi connectivity index (χ2v) is 5.95. The lowest BCUT2D eigenvalue weighted by atomic mass is 9.87. The number of benzene rings is 1. The highest BCUT2D eigenvalue weighted by molar-refractivity contribution is 6.04. The number of rotatable bonds is 2. The molecule has 1 aromatic heterocycles. The number of pyridine rings is 1. The molecular weight excluding hydrogens is 302 g/mol. The first kappa shape index (κ1) is 15.4. The molecule has 1 aliphatic rings. The third-order valence-corrected chi connectivity index (χ3v) is 4.09. The molecule has 6 heteroatoms. The normalized spacial score (nSPS) is 16.7. The summed E-state index contributed by atoms with van der Waals surface area (Å²) >= 11 is 0. The van der Waals surface area contributed by atoms with E-state index in [9.17, 15) is 18.4 Å². The van der Waals surface area contributed by atoms with Crippen molar-refractivity contribution in [2.75, 3.05) is 5.32 Å². The smallest absolute Gasteiger partial charge is 0.261 e. The number of fused-ring (bicyclic) bond motifs is 1. The number of halogens is 2. The van der Waals surface area contributed by atoms with Crippen LogP contribution in [0.3, 0.4) is 0 Å². The molecule has 0 unspecified atom stereocenters. The lowest BCUT2D eigenvalue weighted by Gasteiger charge is -2.21. The van der Waals surface area contributed by atoms with Crippen molar-refractivity contribution in [1.82, 2.24) is 4.98 Å². The van der Waals surface area contributed by atoms with E-state index in [-0.39, 0.29) is 11.3 Å². The Labute approximate surface area is 131 Å². The number of hydrogen-bond donors (Lipinski definition) is 2. The molecule has 3 rings (SSSR count). The molecule has 1 heterocycles. The first-order chi connectivity index (χ1) is 10.9. The Kier molecular flexibility index (Phi) is 3.98. The van der Waals surface area contributed by atoms with E-state index < -0.39 is 23.1 Å². The summed E-state index contributed by atoms with van der Waals surface area (Å²) < 4.78 is 26.1. The fourth-order valence-corrected chi connectivity index (χ4v) is 2.83. The van der Waals surface area contributed by atoms with Gasteiger partial charge >= 0.3 is 0 Å². The summed E-state index contributed by atoms with van der Waals surface area (Å²) in [5.41, 5.74) is 1.43. The van der Waals surface area contributed by atoms with Crippen LogP contribution in [0, 0.1) is 17.6 Å². The van der Waals surface area contributed by atoms with Crippen molar-refractivity contribution >= 4 is 11.6 Å². The zero-order valence-corrected chi connectivity index (χ0v) is 12.6. The minimum atomic E-state index is -1.06. The van der Waals surface area contributed by atoms with Crippen molar-refractivity contribution in [3.63, 3.8) is 0 Å². The fourth-order valence-electron chi connectivity index (χ4n) is 2.83. The van der Waals surface area contributed by atoms with Crippen LogP contribution in [0.5, 0.6) is 0 Å². The van der Waals surface area contributed by atoms with Gasteiger partial charge < -0.3 is 10.3 Å². The number of H-pyrrole nitrogens is 1. The molecule has 0 spiro atoms. The van der Waals surface area contributed by atoms with Gasteiger partial charge in [0.1, 0.15) is 5.56 Å². The molecular formula is C17H16F2N2O2. The second-order valence-electron chi connectivity index (χ2n) is 5.95. The topological polar surface area (TPSA) is 62.0 Å². The molecule has 0 saturated carbocycles. The average Bonchev–Trinajstić information content (AvgIpc) is 2.50. The maximum atomic E-state index is 13.2. The minimum Gasteiger partial charge on any atom is -0.325 e. The van der Waals surface area contributed by atoms with Gasteiger partial charge in [0.15, 0.2) is 11.6 Å². The molecule has 2 aromatic rings. The van der Waals surface area contributed by atoms with Crippen LogP contribution >= 0.6 is 0 Å². The fraction of sp³-hybridized carbons (Fsp3) is 0.294. The third-order valence-electron chi connectivity index (χ3n) is 4.09. The summed E-state index contributed by atoms with van der Waals surface area (Å²) in [6, 6.07) is 4.63.